The van der Waals surface area contributed by atoms with E-state index in [1.165, 1.54) is 12.1 Å². The molecule has 2 unspecified atom stereocenters. The zero-order chi connectivity index (χ0) is 11.5. The Morgan fingerprint density at radius 3 is 2.94 bits per heavy atom. The summed E-state index contributed by atoms with van der Waals surface area (Å²) >= 11 is 0. The quantitative estimate of drug-likeness (QED) is 0.855. The smallest absolute Gasteiger partial charge is 0.123 e. The zero-order valence-corrected chi connectivity index (χ0v) is 9.45. The van der Waals surface area contributed by atoms with E-state index in [9.17, 15) is 9.50 Å². The number of halogens is 1. The van der Waals surface area contributed by atoms with Gasteiger partial charge in [-0.2, -0.15) is 0 Å². The van der Waals surface area contributed by atoms with Crippen LogP contribution >= 0.6 is 0 Å². The normalized spacial score (nSPS) is 22.3. The Morgan fingerprint density at radius 2 is 2.31 bits per heavy atom. The highest BCUT2D eigenvalue weighted by Gasteiger charge is 2.20. The lowest BCUT2D eigenvalue weighted by Crippen LogP contribution is -2.07. The van der Waals surface area contributed by atoms with Gasteiger partial charge >= 0.3 is 0 Å². The number of rotatable bonds is 3. The van der Waals surface area contributed by atoms with Crippen LogP contribution in [0.25, 0.3) is 0 Å². The van der Waals surface area contributed by atoms with E-state index in [2.05, 4.69) is 0 Å². The van der Waals surface area contributed by atoms with Crippen LogP contribution in [0, 0.1) is 18.7 Å². The maximum Gasteiger partial charge on any atom is 0.123 e. The summed E-state index contributed by atoms with van der Waals surface area (Å²) in [6, 6.07) is 4.71. The number of ether oxygens (including phenoxy) is 1. The van der Waals surface area contributed by atoms with Crippen LogP contribution < -0.4 is 0 Å². The van der Waals surface area contributed by atoms with Gasteiger partial charge in [0.1, 0.15) is 5.82 Å². The second-order valence-electron chi connectivity index (χ2n) is 4.54. The summed E-state index contributed by atoms with van der Waals surface area (Å²) in [5.41, 5.74) is 1.51. The molecule has 2 nitrogen and oxygen atoms in total. The van der Waals surface area contributed by atoms with Gasteiger partial charge in [0, 0.05) is 13.2 Å². The van der Waals surface area contributed by atoms with Crippen molar-refractivity contribution in [2.24, 2.45) is 5.92 Å². The summed E-state index contributed by atoms with van der Waals surface area (Å²) in [5, 5.41) is 10.0. The maximum atomic E-state index is 13.2. The van der Waals surface area contributed by atoms with E-state index in [1.54, 1.807) is 0 Å². The third kappa shape index (κ3) is 2.80. The molecule has 1 aliphatic rings. The molecular weight excluding hydrogens is 207 g/mol. The van der Waals surface area contributed by atoms with Crippen LogP contribution in [0.15, 0.2) is 18.2 Å². The summed E-state index contributed by atoms with van der Waals surface area (Å²) in [5.74, 6) is 0.121. The van der Waals surface area contributed by atoms with Gasteiger partial charge in [0.25, 0.3) is 0 Å². The second kappa shape index (κ2) is 4.93. The molecule has 2 rings (SSSR count). The van der Waals surface area contributed by atoms with Crippen molar-refractivity contribution in [3.63, 3.8) is 0 Å². The molecule has 0 spiro atoms. The number of aliphatic hydroxyl groups excluding tert-OH is 1. The minimum atomic E-state index is -0.582. The molecule has 1 fully saturated rings. The Bertz CT molecular complexity index is 339. The van der Waals surface area contributed by atoms with Gasteiger partial charge in [0.05, 0.1) is 6.10 Å². The van der Waals surface area contributed by atoms with E-state index < -0.39 is 6.10 Å². The van der Waals surface area contributed by atoms with Crippen molar-refractivity contribution in [1.82, 2.24) is 0 Å². The Kier molecular flexibility index (Phi) is 3.56. The van der Waals surface area contributed by atoms with Gasteiger partial charge in [-0.15, -0.1) is 0 Å². The lowest BCUT2D eigenvalue weighted by molar-refractivity contribution is 0.129. The van der Waals surface area contributed by atoms with Crippen molar-refractivity contribution >= 4 is 0 Å². The molecule has 1 aromatic rings. The third-order valence-corrected chi connectivity index (χ3v) is 3.03. The molecule has 0 aromatic heterocycles. The summed E-state index contributed by atoms with van der Waals surface area (Å²) in [7, 11) is 0. The monoisotopic (exact) mass is 224 g/mol. The molecule has 0 bridgehead atoms. The number of benzene rings is 1. The Labute approximate surface area is 95.1 Å². The van der Waals surface area contributed by atoms with Crippen LogP contribution in [-0.2, 0) is 4.74 Å². The second-order valence-corrected chi connectivity index (χ2v) is 4.54. The molecule has 1 heterocycles. The lowest BCUT2D eigenvalue weighted by Gasteiger charge is -2.15. The van der Waals surface area contributed by atoms with E-state index >= 15 is 0 Å². The van der Waals surface area contributed by atoms with Gasteiger partial charge in [-0.05, 0) is 48.9 Å². The Balaban J connectivity index is 2.04. The molecule has 0 saturated carbocycles. The molecule has 16 heavy (non-hydrogen) atoms. The molecule has 0 aliphatic carbocycles. The van der Waals surface area contributed by atoms with Gasteiger partial charge in [-0.25, -0.2) is 4.39 Å². The number of aliphatic hydroxyl groups is 1. The standard InChI is InChI=1S/C13H17FO2/c1-9-4-11(7-12(14)5-9)13(15)6-10-2-3-16-8-10/h4-5,7,10,13,15H,2-3,6,8H2,1H3. The number of aryl methyl sites for hydroxylation is 1. The highest BCUT2D eigenvalue weighted by atomic mass is 19.1. The topological polar surface area (TPSA) is 29.5 Å². The van der Waals surface area contributed by atoms with Crippen molar-refractivity contribution in [2.75, 3.05) is 13.2 Å². The van der Waals surface area contributed by atoms with E-state index in [0.717, 1.165) is 18.6 Å². The van der Waals surface area contributed by atoms with Crippen molar-refractivity contribution < 1.29 is 14.2 Å². The Morgan fingerprint density at radius 1 is 1.50 bits per heavy atom. The molecule has 1 aromatic carbocycles. The van der Waals surface area contributed by atoms with Crippen molar-refractivity contribution in [1.29, 1.82) is 0 Å². The summed E-state index contributed by atoms with van der Waals surface area (Å²) in [6.07, 6.45) is 1.06. The van der Waals surface area contributed by atoms with Crippen LogP contribution in [0.5, 0.6) is 0 Å². The molecule has 1 aliphatic heterocycles. The van der Waals surface area contributed by atoms with Crippen LogP contribution in [0.4, 0.5) is 4.39 Å². The third-order valence-electron chi connectivity index (χ3n) is 3.03. The zero-order valence-electron chi connectivity index (χ0n) is 9.45. The number of hydrogen-bond acceptors (Lipinski definition) is 2. The first-order chi connectivity index (χ1) is 7.65. The fourth-order valence-corrected chi connectivity index (χ4v) is 2.18. The summed E-state index contributed by atoms with van der Waals surface area (Å²) in [4.78, 5) is 0. The van der Waals surface area contributed by atoms with Crippen molar-refractivity contribution in [3.05, 3.63) is 35.1 Å². The molecular formula is C13H17FO2. The van der Waals surface area contributed by atoms with Crippen LogP contribution in [0.1, 0.15) is 30.1 Å². The first kappa shape index (κ1) is 11.6. The van der Waals surface area contributed by atoms with Gasteiger partial charge in [0.15, 0.2) is 0 Å². The maximum absolute atomic E-state index is 13.2. The van der Waals surface area contributed by atoms with Gasteiger partial charge in [0.2, 0.25) is 0 Å². The van der Waals surface area contributed by atoms with E-state index in [4.69, 9.17) is 4.74 Å². The highest BCUT2D eigenvalue weighted by Crippen LogP contribution is 2.27. The molecule has 2 atom stereocenters. The molecule has 1 saturated heterocycles. The summed E-state index contributed by atoms with van der Waals surface area (Å²) < 4.78 is 18.4. The first-order valence-corrected chi connectivity index (χ1v) is 5.68. The van der Waals surface area contributed by atoms with E-state index in [0.29, 0.717) is 24.5 Å². The first-order valence-electron chi connectivity index (χ1n) is 5.68. The fraction of sp³-hybridized carbons (Fsp3) is 0.538. The SMILES string of the molecule is Cc1cc(F)cc(C(O)CC2CCOC2)c1. The molecule has 0 amide bonds. The van der Waals surface area contributed by atoms with Crippen molar-refractivity contribution in [2.45, 2.75) is 25.9 Å². The van der Waals surface area contributed by atoms with Gasteiger partial charge in [-0.1, -0.05) is 6.07 Å². The lowest BCUT2D eigenvalue weighted by atomic mass is 9.95. The largest absolute Gasteiger partial charge is 0.388 e. The average molecular weight is 224 g/mol. The summed E-state index contributed by atoms with van der Waals surface area (Å²) in [6.45, 7) is 3.32. The predicted molar refractivity (Wildman–Crippen MR) is 59.6 cm³/mol. The predicted octanol–water partition coefficient (Wildman–Crippen LogP) is 2.59. The molecule has 1 N–H and O–H groups in total. The van der Waals surface area contributed by atoms with Crippen LogP contribution in [0.3, 0.4) is 0 Å². The average Bonchev–Trinajstić information content (AvgIpc) is 2.68. The highest BCUT2D eigenvalue weighted by molar-refractivity contribution is 5.25. The molecule has 88 valence electrons. The number of hydrogen-bond donors (Lipinski definition) is 1. The van der Waals surface area contributed by atoms with Gasteiger partial charge < -0.3 is 9.84 Å². The minimum Gasteiger partial charge on any atom is -0.388 e. The van der Waals surface area contributed by atoms with Crippen LogP contribution in [0.2, 0.25) is 0 Å². The molecule has 0 radical (unpaired) electrons. The Hall–Kier alpha value is -0.930. The minimum absolute atomic E-state index is 0.281. The fourth-order valence-electron chi connectivity index (χ4n) is 2.18. The van der Waals surface area contributed by atoms with E-state index in [-0.39, 0.29) is 5.82 Å². The van der Waals surface area contributed by atoms with Crippen molar-refractivity contribution in [3.8, 4) is 0 Å². The van der Waals surface area contributed by atoms with Crippen LogP contribution in [-0.4, -0.2) is 18.3 Å². The van der Waals surface area contributed by atoms with Gasteiger partial charge in [-0.3, -0.25) is 0 Å². The van der Waals surface area contributed by atoms with E-state index in [1.807, 2.05) is 13.0 Å². The molecule has 3 heteroatoms.